The predicted octanol–water partition coefficient (Wildman–Crippen LogP) is 2.89. The van der Waals surface area contributed by atoms with Gasteiger partial charge < -0.3 is 10.2 Å². The molecule has 25 heavy (non-hydrogen) atoms. The zero-order valence-electron chi connectivity index (χ0n) is 14.5. The third-order valence-corrected chi connectivity index (χ3v) is 3.98. The van der Waals surface area contributed by atoms with Crippen molar-refractivity contribution in [3.8, 4) is 0 Å². The number of benzene rings is 2. The minimum absolute atomic E-state index is 0.0487. The van der Waals surface area contributed by atoms with E-state index >= 15 is 0 Å². The summed E-state index contributed by atoms with van der Waals surface area (Å²) in [6, 6.07) is 13.3. The van der Waals surface area contributed by atoms with Crippen LogP contribution in [0, 0.1) is 13.8 Å². The van der Waals surface area contributed by atoms with Gasteiger partial charge in [0.15, 0.2) is 5.69 Å². The Morgan fingerprint density at radius 1 is 1.08 bits per heavy atom. The first kappa shape index (κ1) is 16.7. The van der Waals surface area contributed by atoms with E-state index in [0.717, 1.165) is 22.0 Å². The van der Waals surface area contributed by atoms with Crippen LogP contribution in [-0.4, -0.2) is 40.5 Å². The molecule has 2 aromatic carbocycles. The van der Waals surface area contributed by atoms with Crippen LogP contribution in [0.25, 0.3) is 10.9 Å². The summed E-state index contributed by atoms with van der Waals surface area (Å²) in [4.78, 5) is 26.2. The van der Waals surface area contributed by atoms with Crippen molar-refractivity contribution in [2.75, 3.05) is 18.9 Å². The summed E-state index contributed by atoms with van der Waals surface area (Å²) >= 11 is 0. The summed E-state index contributed by atoms with van der Waals surface area (Å²) in [5, 5.41) is 10.5. The maximum absolute atomic E-state index is 12.6. The van der Waals surface area contributed by atoms with Gasteiger partial charge in [0, 0.05) is 18.1 Å². The van der Waals surface area contributed by atoms with Crippen molar-refractivity contribution in [3.05, 3.63) is 59.3 Å². The number of H-pyrrole nitrogens is 1. The largest absolute Gasteiger partial charge is 0.331 e. The van der Waals surface area contributed by atoms with E-state index < -0.39 is 0 Å². The molecule has 2 amide bonds. The van der Waals surface area contributed by atoms with Crippen molar-refractivity contribution >= 4 is 28.4 Å². The molecule has 0 fully saturated rings. The number of aromatic amines is 1. The second-order valence-corrected chi connectivity index (χ2v) is 6.20. The summed E-state index contributed by atoms with van der Waals surface area (Å²) in [6.07, 6.45) is 0. The lowest BCUT2D eigenvalue weighted by Crippen LogP contribution is -2.35. The highest BCUT2D eigenvalue weighted by atomic mass is 16.2. The average Bonchev–Trinajstić information content (AvgIpc) is 2.99. The van der Waals surface area contributed by atoms with Crippen molar-refractivity contribution in [2.24, 2.45) is 0 Å². The predicted molar refractivity (Wildman–Crippen MR) is 97.6 cm³/mol. The lowest BCUT2D eigenvalue weighted by atomic mass is 10.1. The Labute approximate surface area is 145 Å². The van der Waals surface area contributed by atoms with E-state index in [1.807, 2.05) is 56.3 Å². The first-order valence-corrected chi connectivity index (χ1v) is 8.01. The molecular weight excluding hydrogens is 316 g/mol. The second-order valence-electron chi connectivity index (χ2n) is 6.20. The van der Waals surface area contributed by atoms with Gasteiger partial charge in [-0.1, -0.05) is 29.3 Å². The molecule has 0 radical (unpaired) electrons. The smallest absolute Gasteiger partial charge is 0.275 e. The van der Waals surface area contributed by atoms with Gasteiger partial charge in [-0.15, -0.1) is 0 Å². The standard InChI is InChI=1S/C19H20N4O2/c1-12-4-7-14(8-5-12)20-17(24)11-23(3)19(25)18-15-10-13(2)6-9-16(15)21-22-18/h4-10H,11H2,1-3H3,(H,20,24)(H,21,22). The van der Waals surface area contributed by atoms with Gasteiger partial charge in [0.1, 0.15) is 0 Å². The van der Waals surface area contributed by atoms with E-state index in [1.165, 1.54) is 4.90 Å². The molecule has 0 aliphatic carbocycles. The fourth-order valence-electron chi connectivity index (χ4n) is 2.60. The van der Waals surface area contributed by atoms with Crippen LogP contribution in [0.4, 0.5) is 5.69 Å². The Morgan fingerprint density at radius 3 is 2.48 bits per heavy atom. The molecule has 1 heterocycles. The number of carbonyl (C=O) groups excluding carboxylic acids is 2. The fraction of sp³-hybridized carbons (Fsp3) is 0.211. The van der Waals surface area contributed by atoms with Crippen LogP contribution >= 0.6 is 0 Å². The summed E-state index contributed by atoms with van der Waals surface area (Å²) in [5.74, 6) is -0.549. The molecule has 0 aliphatic heterocycles. The maximum Gasteiger partial charge on any atom is 0.275 e. The summed E-state index contributed by atoms with van der Waals surface area (Å²) in [5.41, 5.74) is 3.99. The van der Waals surface area contributed by atoms with Gasteiger partial charge in [-0.25, -0.2) is 0 Å². The van der Waals surface area contributed by atoms with E-state index in [9.17, 15) is 9.59 Å². The van der Waals surface area contributed by atoms with Gasteiger partial charge in [0.2, 0.25) is 5.91 Å². The number of rotatable bonds is 4. The SMILES string of the molecule is Cc1ccc(NC(=O)CN(C)C(=O)c2n[nH]c3ccc(C)cc23)cc1. The van der Waals surface area contributed by atoms with Gasteiger partial charge in [0.05, 0.1) is 12.1 Å². The molecule has 0 spiro atoms. The highest BCUT2D eigenvalue weighted by Gasteiger charge is 2.20. The van der Waals surface area contributed by atoms with Crippen LogP contribution in [0.2, 0.25) is 0 Å². The van der Waals surface area contributed by atoms with Gasteiger partial charge >= 0.3 is 0 Å². The first-order chi connectivity index (χ1) is 11.9. The van der Waals surface area contributed by atoms with Crippen LogP contribution in [0.3, 0.4) is 0 Å². The highest BCUT2D eigenvalue weighted by Crippen LogP contribution is 2.18. The summed E-state index contributed by atoms with van der Waals surface area (Å²) in [7, 11) is 1.59. The Bertz CT molecular complexity index is 928. The van der Waals surface area contributed by atoms with E-state index in [-0.39, 0.29) is 18.4 Å². The number of aromatic nitrogens is 2. The average molecular weight is 336 g/mol. The molecule has 3 aromatic rings. The molecule has 0 atom stereocenters. The lowest BCUT2D eigenvalue weighted by molar-refractivity contribution is -0.116. The number of fused-ring (bicyclic) bond motifs is 1. The molecule has 6 nitrogen and oxygen atoms in total. The molecule has 6 heteroatoms. The molecule has 1 aromatic heterocycles. The minimum atomic E-state index is -0.295. The van der Waals surface area contributed by atoms with Gasteiger partial charge in [-0.3, -0.25) is 14.7 Å². The Kier molecular flexibility index (Phi) is 4.52. The van der Waals surface area contributed by atoms with Crippen LogP contribution in [-0.2, 0) is 4.79 Å². The van der Waals surface area contributed by atoms with E-state index in [1.54, 1.807) is 7.05 Å². The molecule has 3 rings (SSSR count). The third-order valence-electron chi connectivity index (χ3n) is 3.98. The number of amides is 2. The van der Waals surface area contributed by atoms with E-state index in [0.29, 0.717) is 11.4 Å². The lowest BCUT2D eigenvalue weighted by Gasteiger charge is -2.16. The number of aryl methyl sites for hydroxylation is 2. The molecule has 2 N–H and O–H groups in total. The molecule has 0 bridgehead atoms. The second kappa shape index (κ2) is 6.76. The number of hydrogen-bond donors (Lipinski definition) is 2. The Balaban J connectivity index is 1.70. The van der Waals surface area contributed by atoms with Crippen LogP contribution in [0.5, 0.6) is 0 Å². The fourth-order valence-corrected chi connectivity index (χ4v) is 2.60. The Hall–Kier alpha value is -3.15. The topological polar surface area (TPSA) is 78.1 Å². The van der Waals surface area contributed by atoms with Crippen LogP contribution in [0.15, 0.2) is 42.5 Å². The molecule has 0 unspecified atom stereocenters. The molecule has 128 valence electrons. The molecule has 0 saturated carbocycles. The van der Waals surface area contributed by atoms with E-state index in [4.69, 9.17) is 0 Å². The minimum Gasteiger partial charge on any atom is -0.331 e. The monoisotopic (exact) mass is 336 g/mol. The number of nitrogens with zero attached hydrogens (tertiary/aromatic N) is 2. The summed E-state index contributed by atoms with van der Waals surface area (Å²) < 4.78 is 0. The number of hydrogen-bond acceptors (Lipinski definition) is 3. The summed E-state index contributed by atoms with van der Waals surface area (Å²) in [6.45, 7) is 3.89. The Morgan fingerprint density at radius 2 is 1.76 bits per heavy atom. The molecule has 0 saturated heterocycles. The highest BCUT2D eigenvalue weighted by molar-refractivity contribution is 6.06. The third kappa shape index (κ3) is 3.68. The maximum atomic E-state index is 12.6. The van der Waals surface area contributed by atoms with Gasteiger partial charge in [-0.2, -0.15) is 5.10 Å². The van der Waals surface area contributed by atoms with Gasteiger partial charge in [-0.05, 0) is 38.1 Å². The number of likely N-dealkylation sites (N-methyl/N-ethyl adjacent to an activating group) is 1. The number of carbonyl (C=O) groups is 2. The van der Waals surface area contributed by atoms with Crippen molar-refractivity contribution < 1.29 is 9.59 Å². The normalized spacial score (nSPS) is 10.7. The van der Waals surface area contributed by atoms with Crippen LogP contribution < -0.4 is 5.32 Å². The first-order valence-electron chi connectivity index (χ1n) is 8.01. The number of nitrogens with one attached hydrogen (secondary N) is 2. The van der Waals surface area contributed by atoms with Crippen molar-refractivity contribution in [3.63, 3.8) is 0 Å². The zero-order chi connectivity index (χ0) is 18.0. The van der Waals surface area contributed by atoms with E-state index in [2.05, 4.69) is 15.5 Å². The quantitative estimate of drug-likeness (QED) is 0.769. The van der Waals surface area contributed by atoms with Crippen LogP contribution in [0.1, 0.15) is 21.6 Å². The molecule has 0 aliphatic rings. The van der Waals surface area contributed by atoms with Crippen molar-refractivity contribution in [2.45, 2.75) is 13.8 Å². The number of anilines is 1. The molecular formula is C19H20N4O2. The zero-order valence-corrected chi connectivity index (χ0v) is 14.5. The van der Waals surface area contributed by atoms with Crippen molar-refractivity contribution in [1.82, 2.24) is 15.1 Å². The van der Waals surface area contributed by atoms with Gasteiger partial charge in [0.25, 0.3) is 5.91 Å². The van der Waals surface area contributed by atoms with Crippen molar-refractivity contribution in [1.29, 1.82) is 0 Å².